The highest BCUT2D eigenvalue weighted by atomic mass is 32.2. The normalized spacial score (nSPS) is 16.0. The monoisotopic (exact) mass is 351 g/mol. The van der Waals surface area contributed by atoms with Crippen molar-refractivity contribution in [1.29, 1.82) is 0 Å². The van der Waals surface area contributed by atoms with Crippen LogP contribution in [0.4, 0.5) is 10.2 Å². The molecule has 0 spiro atoms. The number of rotatable bonds is 5. The Bertz CT molecular complexity index is 790. The van der Waals surface area contributed by atoms with E-state index in [-0.39, 0.29) is 17.3 Å². The van der Waals surface area contributed by atoms with E-state index in [0.717, 1.165) is 0 Å². The van der Waals surface area contributed by atoms with E-state index in [0.29, 0.717) is 37.7 Å². The summed E-state index contributed by atoms with van der Waals surface area (Å²) in [5.41, 5.74) is 0.518. The number of nitrogens with zero attached hydrogens (tertiary/aromatic N) is 2. The fourth-order valence-electron chi connectivity index (χ4n) is 2.40. The minimum atomic E-state index is -3.55. The molecule has 3 rings (SSSR count). The molecule has 0 aliphatic carbocycles. The number of sulfonamides is 1. The Labute approximate surface area is 140 Å². The molecule has 2 aromatic rings. The Balaban J connectivity index is 1.68. The molecule has 1 aromatic heterocycles. The predicted molar refractivity (Wildman–Crippen MR) is 87.5 cm³/mol. The molecule has 1 aliphatic rings. The summed E-state index contributed by atoms with van der Waals surface area (Å²) >= 11 is 0. The number of morpholine rings is 1. The number of hydrogen-bond donors (Lipinski definition) is 1. The first-order valence-corrected chi connectivity index (χ1v) is 9.02. The van der Waals surface area contributed by atoms with Crippen molar-refractivity contribution < 1.29 is 17.5 Å². The van der Waals surface area contributed by atoms with Gasteiger partial charge in [-0.25, -0.2) is 17.8 Å². The molecule has 1 N–H and O–H groups in total. The van der Waals surface area contributed by atoms with E-state index in [1.165, 1.54) is 22.6 Å². The van der Waals surface area contributed by atoms with Crippen molar-refractivity contribution in [3.05, 3.63) is 54.0 Å². The molecular formula is C16H18FN3O3S. The molecule has 0 unspecified atom stereocenters. The van der Waals surface area contributed by atoms with Gasteiger partial charge < -0.3 is 10.1 Å². The van der Waals surface area contributed by atoms with Gasteiger partial charge in [0.25, 0.3) is 0 Å². The number of anilines is 1. The third-order valence-corrected chi connectivity index (χ3v) is 5.64. The van der Waals surface area contributed by atoms with E-state index in [9.17, 15) is 12.8 Å². The molecule has 0 amide bonds. The van der Waals surface area contributed by atoms with E-state index >= 15 is 0 Å². The number of aromatic nitrogens is 1. The molecule has 0 atom stereocenters. The lowest BCUT2D eigenvalue weighted by molar-refractivity contribution is 0.0730. The molecule has 0 bridgehead atoms. The Morgan fingerprint density at radius 3 is 2.58 bits per heavy atom. The highest BCUT2D eigenvalue weighted by Gasteiger charge is 2.26. The van der Waals surface area contributed by atoms with Gasteiger partial charge in [-0.05, 0) is 18.2 Å². The lowest BCUT2D eigenvalue weighted by Crippen LogP contribution is -2.40. The third-order valence-electron chi connectivity index (χ3n) is 3.76. The van der Waals surface area contributed by atoms with Gasteiger partial charge in [0, 0.05) is 31.4 Å². The predicted octanol–water partition coefficient (Wildman–Crippen LogP) is 1.85. The maximum atomic E-state index is 13.6. The van der Waals surface area contributed by atoms with Crippen LogP contribution in [-0.4, -0.2) is 44.0 Å². The van der Waals surface area contributed by atoms with E-state index < -0.39 is 10.0 Å². The summed E-state index contributed by atoms with van der Waals surface area (Å²) in [4.78, 5) is 4.25. The maximum Gasteiger partial charge on any atom is 0.244 e. The first-order chi connectivity index (χ1) is 11.6. The molecule has 1 saturated heterocycles. The molecule has 1 aliphatic heterocycles. The van der Waals surface area contributed by atoms with Crippen molar-refractivity contribution in [1.82, 2.24) is 9.29 Å². The molecule has 24 heavy (non-hydrogen) atoms. The highest BCUT2D eigenvalue weighted by Crippen LogP contribution is 2.18. The number of pyridine rings is 1. The maximum absolute atomic E-state index is 13.6. The molecule has 128 valence electrons. The summed E-state index contributed by atoms with van der Waals surface area (Å²) < 4.78 is 45.1. The standard InChI is InChI=1S/C16H18FN3O3S/c17-15-4-2-1-3-13(15)11-18-16-6-5-14(12-19-16)24(21,22)20-7-9-23-10-8-20/h1-6,12H,7-11H2,(H,18,19). The van der Waals surface area contributed by atoms with Crippen LogP contribution >= 0.6 is 0 Å². The number of halogens is 1. The van der Waals surface area contributed by atoms with E-state index in [1.807, 2.05) is 0 Å². The zero-order chi connectivity index (χ0) is 17.0. The van der Waals surface area contributed by atoms with E-state index in [4.69, 9.17) is 4.74 Å². The number of nitrogens with one attached hydrogen (secondary N) is 1. The van der Waals surface area contributed by atoms with E-state index in [2.05, 4.69) is 10.3 Å². The van der Waals surface area contributed by atoms with Gasteiger partial charge in [-0.15, -0.1) is 0 Å². The van der Waals surface area contributed by atoms with Gasteiger partial charge in [-0.3, -0.25) is 0 Å². The SMILES string of the molecule is O=S(=O)(c1ccc(NCc2ccccc2F)nc1)N1CCOCC1. The summed E-state index contributed by atoms with van der Waals surface area (Å²) in [5, 5.41) is 2.98. The molecule has 1 aromatic carbocycles. The lowest BCUT2D eigenvalue weighted by Gasteiger charge is -2.25. The van der Waals surface area contributed by atoms with Crippen LogP contribution in [0.5, 0.6) is 0 Å². The summed E-state index contributed by atoms with van der Waals surface area (Å²) in [5.74, 6) is 0.190. The fraction of sp³-hybridized carbons (Fsp3) is 0.312. The molecule has 2 heterocycles. The van der Waals surface area contributed by atoms with Crippen molar-refractivity contribution >= 4 is 15.8 Å². The van der Waals surface area contributed by atoms with Crippen molar-refractivity contribution in [2.24, 2.45) is 0 Å². The van der Waals surface area contributed by atoms with Crippen LogP contribution < -0.4 is 5.32 Å². The summed E-state index contributed by atoms with van der Waals surface area (Å²) in [6.07, 6.45) is 1.31. The molecular weight excluding hydrogens is 333 g/mol. The molecule has 1 fully saturated rings. The third kappa shape index (κ3) is 3.72. The Hall–Kier alpha value is -2.03. The second-order valence-electron chi connectivity index (χ2n) is 5.34. The minimum absolute atomic E-state index is 0.140. The largest absolute Gasteiger partial charge is 0.379 e. The van der Waals surface area contributed by atoms with Gasteiger partial charge in [0.1, 0.15) is 16.5 Å². The smallest absolute Gasteiger partial charge is 0.244 e. The van der Waals surface area contributed by atoms with Crippen molar-refractivity contribution in [3.8, 4) is 0 Å². The van der Waals surface area contributed by atoms with Crippen LogP contribution in [0.2, 0.25) is 0 Å². The van der Waals surface area contributed by atoms with Crippen LogP contribution in [0.15, 0.2) is 47.5 Å². The average Bonchev–Trinajstić information content (AvgIpc) is 2.62. The minimum Gasteiger partial charge on any atom is -0.379 e. The summed E-state index contributed by atoms with van der Waals surface area (Å²) in [7, 11) is -3.55. The van der Waals surface area contributed by atoms with Crippen LogP contribution in [0.3, 0.4) is 0 Å². The lowest BCUT2D eigenvalue weighted by atomic mass is 10.2. The Morgan fingerprint density at radius 1 is 1.17 bits per heavy atom. The Morgan fingerprint density at radius 2 is 1.92 bits per heavy atom. The van der Waals surface area contributed by atoms with Gasteiger partial charge in [-0.2, -0.15) is 4.31 Å². The Kier molecular flexibility index (Phi) is 5.08. The van der Waals surface area contributed by atoms with Crippen LogP contribution in [0.25, 0.3) is 0 Å². The molecule has 0 saturated carbocycles. The topological polar surface area (TPSA) is 71.5 Å². The zero-order valence-corrected chi connectivity index (χ0v) is 13.8. The van der Waals surface area contributed by atoms with Crippen molar-refractivity contribution in [3.63, 3.8) is 0 Å². The number of benzene rings is 1. The number of ether oxygens (including phenoxy) is 1. The van der Waals surface area contributed by atoms with Crippen molar-refractivity contribution in [2.75, 3.05) is 31.6 Å². The summed E-state index contributed by atoms with van der Waals surface area (Å²) in [6, 6.07) is 9.53. The molecule has 6 nitrogen and oxygen atoms in total. The average molecular weight is 351 g/mol. The zero-order valence-electron chi connectivity index (χ0n) is 13.0. The van der Waals surface area contributed by atoms with Crippen LogP contribution in [0.1, 0.15) is 5.56 Å². The van der Waals surface area contributed by atoms with E-state index in [1.54, 1.807) is 24.3 Å². The first kappa shape index (κ1) is 16.8. The van der Waals surface area contributed by atoms with Gasteiger partial charge in [0.2, 0.25) is 10.0 Å². The van der Waals surface area contributed by atoms with Gasteiger partial charge >= 0.3 is 0 Å². The molecule has 0 radical (unpaired) electrons. The van der Waals surface area contributed by atoms with Gasteiger partial charge in [-0.1, -0.05) is 18.2 Å². The second-order valence-corrected chi connectivity index (χ2v) is 7.28. The van der Waals surface area contributed by atoms with Crippen molar-refractivity contribution in [2.45, 2.75) is 11.4 Å². The quantitative estimate of drug-likeness (QED) is 0.890. The van der Waals surface area contributed by atoms with Crippen LogP contribution in [-0.2, 0) is 21.3 Å². The van der Waals surface area contributed by atoms with Gasteiger partial charge in [0.05, 0.1) is 13.2 Å². The second kappa shape index (κ2) is 7.25. The number of hydrogen-bond acceptors (Lipinski definition) is 5. The highest BCUT2D eigenvalue weighted by molar-refractivity contribution is 7.89. The van der Waals surface area contributed by atoms with Gasteiger partial charge in [0.15, 0.2) is 0 Å². The van der Waals surface area contributed by atoms with Crippen LogP contribution in [0, 0.1) is 5.82 Å². The molecule has 8 heteroatoms. The summed E-state index contributed by atoms with van der Waals surface area (Å²) in [6.45, 7) is 1.75. The fourth-order valence-corrected chi connectivity index (χ4v) is 3.75. The first-order valence-electron chi connectivity index (χ1n) is 7.58.